The van der Waals surface area contributed by atoms with Gasteiger partial charge in [-0.25, -0.2) is 0 Å². The highest BCUT2D eigenvalue weighted by molar-refractivity contribution is 5.98. The molecule has 3 N–H and O–H groups in total. The van der Waals surface area contributed by atoms with Crippen molar-refractivity contribution in [2.24, 2.45) is 0 Å². The molecule has 0 fully saturated rings. The zero-order chi connectivity index (χ0) is 13.7. The molecule has 1 rings (SSSR count). The first kappa shape index (κ1) is 14.2. The zero-order valence-electron chi connectivity index (χ0n) is 11.1. The van der Waals surface area contributed by atoms with Gasteiger partial charge in [-0.05, 0) is 32.4 Å². The maximum Gasteiger partial charge on any atom is 0.220 e. The summed E-state index contributed by atoms with van der Waals surface area (Å²) in [5, 5.41) is 2.75. The predicted octanol–water partition coefficient (Wildman–Crippen LogP) is 2.06. The van der Waals surface area contributed by atoms with Crippen molar-refractivity contribution in [1.29, 1.82) is 0 Å². The van der Waals surface area contributed by atoms with Crippen LogP contribution in [0.4, 0.5) is 5.69 Å². The molecule has 1 aromatic rings. The van der Waals surface area contributed by atoms with Gasteiger partial charge in [-0.1, -0.05) is 12.1 Å². The van der Waals surface area contributed by atoms with E-state index in [1.807, 2.05) is 26.8 Å². The lowest BCUT2D eigenvalue weighted by Gasteiger charge is -2.08. The van der Waals surface area contributed by atoms with Crippen molar-refractivity contribution in [2.75, 3.05) is 5.73 Å². The number of amides is 1. The third-order valence-electron chi connectivity index (χ3n) is 2.63. The van der Waals surface area contributed by atoms with E-state index in [0.29, 0.717) is 11.3 Å². The maximum absolute atomic E-state index is 11.9. The van der Waals surface area contributed by atoms with Crippen molar-refractivity contribution in [3.63, 3.8) is 0 Å². The summed E-state index contributed by atoms with van der Waals surface area (Å²) < 4.78 is 0. The molecular weight excluding hydrogens is 228 g/mol. The first-order chi connectivity index (χ1) is 8.40. The lowest BCUT2D eigenvalue weighted by atomic mass is 10.0. The summed E-state index contributed by atoms with van der Waals surface area (Å²) >= 11 is 0. The minimum absolute atomic E-state index is 0.0550. The summed E-state index contributed by atoms with van der Waals surface area (Å²) in [6, 6.07) is 5.32. The molecule has 0 aliphatic rings. The lowest BCUT2D eigenvalue weighted by Crippen LogP contribution is -2.30. The fourth-order valence-corrected chi connectivity index (χ4v) is 1.58. The molecule has 1 amide bonds. The normalized spacial score (nSPS) is 10.4. The van der Waals surface area contributed by atoms with Crippen LogP contribution in [-0.2, 0) is 4.79 Å². The molecule has 0 unspecified atom stereocenters. The van der Waals surface area contributed by atoms with E-state index >= 15 is 0 Å². The van der Waals surface area contributed by atoms with Gasteiger partial charge in [-0.3, -0.25) is 9.59 Å². The molecule has 0 aromatic heterocycles. The summed E-state index contributed by atoms with van der Waals surface area (Å²) in [7, 11) is 0. The summed E-state index contributed by atoms with van der Waals surface area (Å²) in [6.45, 7) is 5.67. The van der Waals surface area contributed by atoms with Gasteiger partial charge in [-0.15, -0.1) is 0 Å². The van der Waals surface area contributed by atoms with Crippen molar-refractivity contribution in [3.05, 3.63) is 29.3 Å². The number of benzene rings is 1. The predicted molar refractivity (Wildman–Crippen MR) is 72.4 cm³/mol. The average molecular weight is 248 g/mol. The Kier molecular flexibility index (Phi) is 4.89. The first-order valence-corrected chi connectivity index (χ1v) is 6.09. The Morgan fingerprint density at radius 1 is 1.28 bits per heavy atom. The van der Waals surface area contributed by atoms with Crippen molar-refractivity contribution in [3.8, 4) is 0 Å². The largest absolute Gasteiger partial charge is 0.398 e. The van der Waals surface area contributed by atoms with E-state index < -0.39 is 0 Å². The Labute approximate surface area is 108 Å². The smallest absolute Gasteiger partial charge is 0.220 e. The number of nitrogen functional groups attached to an aromatic ring is 1. The fraction of sp³-hybridized carbons (Fsp3) is 0.429. The Hall–Kier alpha value is -1.84. The molecule has 0 bridgehead atoms. The van der Waals surface area contributed by atoms with E-state index in [0.717, 1.165) is 5.56 Å². The molecule has 0 aliphatic heterocycles. The number of Topliss-reactive ketones (excluding diaryl/α,β-unsaturated/α-hetero) is 1. The van der Waals surface area contributed by atoms with E-state index in [9.17, 15) is 9.59 Å². The SMILES string of the molecule is Cc1ccc(C(=O)CCC(=O)NC(C)C)cc1N. The van der Waals surface area contributed by atoms with Crippen molar-refractivity contribution >= 4 is 17.4 Å². The fourth-order valence-electron chi connectivity index (χ4n) is 1.58. The maximum atomic E-state index is 11.9. The number of anilines is 1. The van der Waals surface area contributed by atoms with Crippen LogP contribution in [0.3, 0.4) is 0 Å². The molecule has 0 spiro atoms. The van der Waals surface area contributed by atoms with Crippen LogP contribution in [-0.4, -0.2) is 17.7 Å². The second-order valence-electron chi connectivity index (χ2n) is 4.72. The number of hydrogen-bond donors (Lipinski definition) is 2. The minimum atomic E-state index is -0.0987. The first-order valence-electron chi connectivity index (χ1n) is 6.09. The van der Waals surface area contributed by atoms with Crippen molar-refractivity contribution in [2.45, 2.75) is 39.7 Å². The van der Waals surface area contributed by atoms with Gasteiger partial charge in [0.25, 0.3) is 0 Å². The number of ketones is 1. The van der Waals surface area contributed by atoms with Crippen LogP contribution in [0.5, 0.6) is 0 Å². The number of nitrogens with one attached hydrogen (secondary N) is 1. The molecule has 4 heteroatoms. The van der Waals surface area contributed by atoms with Crippen LogP contribution in [0.1, 0.15) is 42.6 Å². The number of aryl methyl sites for hydroxylation is 1. The molecule has 1 aromatic carbocycles. The average Bonchev–Trinajstić information content (AvgIpc) is 2.28. The molecule has 18 heavy (non-hydrogen) atoms. The zero-order valence-corrected chi connectivity index (χ0v) is 11.1. The second kappa shape index (κ2) is 6.19. The number of hydrogen-bond acceptors (Lipinski definition) is 3. The van der Waals surface area contributed by atoms with Gasteiger partial charge in [0.1, 0.15) is 0 Å². The molecule has 0 radical (unpaired) electrons. The molecule has 0 atom stereocenters. The van der Waals surface area contributed by atoms with Gasteiger partial charge < -0.3 is 11.1 Å². The topological polar surface area (TPSA) is 72.2 Å². The second-order valence-corrected chi connectivity index (χ2v) is 4.72. The highest BCUT2D eigenvalue weighted by Crippen LogP contribution is 2.14. The molecule has 4 nitrogen and oxygen atoms in total. The van der Waals surface area contributed by atoms with E-state index in [-0.39, 0.29) is 30.6 Å². The van der Waals surface area contributed by atoms with Crippen LogP contribution in [0, 0.1) is 6.92 Å². The lowest BCUT2D eigenvalue weighted by molar-refractivity contribution is -0.121. The Morgan fingerprint density at radius 2 is 1.94 bits per heavy atom. The monoisotopic (exact) mass is 248 g/mol. The van der Waals surface area contributed by atoms with E-state index in [1.165, 1.54) is 0 Å². The molecule has 0 saturated carbocycles. The summed E-state index contributed by atoms with van der Waals surface area (Å²) in [6.07, 6.45) is 0.422. The number of carbonyl (C=O) groups excluding carboxylic acids is 2. The van der Waals surface area contributed by atoms with E-state index in [4.69, 9.17) is 5.73 Å². The van der Waals surface area contributed by atoms with E-state index in [1.54, 1.807) is 12.1 Å². The number of nitrogens with two attached hydrogens (primary N) is 1. The third kappa shape index (κ3) is 4.20. The van der Waals surface area contributed by atoms with Crippen LogP contribution in [0.25, 0.3) is 0 Å². The summed E-state index contributed by atoms with van der Waals surface area (Å²) in [4.78, 5) is 23.3. The highest BCUT2D eigenvalue weighted by atomic mass is 16.2. The Bertz CT molecular complexity index is 453. The van der Waals surface area contributed by atoms with Crippen LogP contribution >= 0.6 is 0 Å². The Balaban J connectivity index is 2.55. The van der Waals surface area contributed by atoms with Crippen LogP contribution in [0.15, 0.2) is 18.2 Å². The van der Waals surface area contributed by atoms with Crippen LogP contribution < -0.4 is 11.1 Å². The van der Waals surface area contributed by atoms with Gasteiger partial charge in [0.2, 0.25) is 5.91 Å². The van der Waals surface area contributed by atoms with Crippen molar-refractivity contribution < 1.29 is 9.59 Å². The third-order valence-corrected chi connectivity index (χ3v) is 2.63. The van der Waals surface area contributed by atoms with Crippen molar-refractivity contribution in [1.82, 2.24) is 5.32 Å². The summed E-state index contributed by atoms with van der Waals surface area (Å²) in [5.74, 6) is -0.154. The molecule has 0 aliphatic carbocycles. The molecule has 98 valence electrons. The van der Waals surface area contributed by atoms with Gasteiger partial charge >= 0.3 is 0 Å². The van der Waals surface area contributed by atoms with Gasteiger partial charge in [0.15, 0.2) is 5.78 Å². The van der Waals surface area contributed by atoms with Gasteiger partial charge in [-0.2, -0.15) is 0 Å². The molecular formula is C14H20N2O2. The number of carbonyl (C=O) groups is 2. The standard InChI is InChI=1S/C14H20N2O2/c1-9(2)16-14(18)7-6-13(17)11-5-4-10(3)12(15)8-11/h4-5,8-9H,6-7,15H2,1-3H3,(H,16,18). The van der Waals surface area contributed by atoms with E-state index in [2.05, 4.69) is 5.32 Å². The highest BCUT2D eigenvalue weighted by Gasteiger charge is 2.10. The molecule has 0 saturated heterocycles. The van der Waals surface area contributed by atoms with Gasteiger partial charge in [0.05, 0.1) is 0 Å². The minimum Gasteiger partial charge on any atom is -0.398 e. The molecule has 0 heterocycles. The number of rotatable bonds is 5. The van der Waals surface area contributed by atoms with Gasteiger partial charge in [0, 0.05) is 30.1 Å². The summed E-state index contributed by atoms with van der Waals surface area (Å²) in [5.41, 5.74) is 7.87. The van der Waals surface area contributed by atoms with Crippen LogP contribution in [0.2, 0.25) is 0 Å². The quantitative estimate of drug-likeness (QED) is 0.619. The Morgan fingerprint density at radius 3 is 2.50 bits per heavy atom.